The van der Waals surface area contributed by atoms with Crippen molar-refractivity contribution in [1.82, 2.24) is 18.7 Å². The van der Waals surface area contributed by atoms with Gasteiger partial charge in [0.15, 0.2) is 0 Å². The average Bonchev–Trinajstić information content (AvgIpc) is 2.60. The number of rotatable bonds is 4. The predicted molar refractivity (Wildman–Crippen MR) is 118 cm³/mol. The number of nitrogens with zero attached hydrogens (tertiary/aromatic N) is 7. The Morgan fingerprint density at radius 2 is 0.962 bits per heavy atom. The van der Waals surface area contributed by atoms with Crippen LogP contribution in [0, 0.1) is 0 Å². The van der Waals surface area contributed by atoms with E-state index in [-0.39, 0.29) is 0 Å². The second kappa shape index (κ2) is 8.46. The van der Waals surface area contributed by atoms with Crippen molar-refractivity contribution >= 4 is 43.4 Å². The topological polar surface area (TPSA) is 50.0 Å². The third kappa shape index (κ3) is 3.66. The molecular weight excluding hydrogens is 430 g/mol. The maximum atomic E-state index is 6.84. The maximum Gasteiger partial charge on any atom is 0.257 e. The maximum absolute atomic E-state index is 6.84. The molecule has 7 nitrogen and oxygen atoms in total. The Morgan fingerprint density at radius 3 is 1.31 bits per heavy atom. The van der Waals surface area contributed by atoms with Gasteiger partial charge in [-0.15, -0.1) is 0 Å². The van der Waals surface area contributed by atoms with Gasteiger partial charge in [0.2, 0.25) is 15.0 Å². The van der Waals surface area contributed by atoms with Crippen LogP contribution in [0.25, 0.3) is 0 Å². The molecule has 0 aromatic heterocycles. The summed E-state index contributed by atoms with van der Waals surface area (Å²) in [4.78, 5) is 0. The van der Waals surface area contributed by atoms with Crippen molar-refractivity contribution in [2.45, 2.75) is 40.5 Å². The van der Waals surface area contributed by atoms with Gasteiger partial charge in [-0.05, 0) is 35.3 Å². The smallest absolute Gasteiger partial charge is 0.240 e. The van der Waals surface area contributed by atoms with Gasteiger partial charge in [-0.1, -0.05) is 27.7 Å². The zero-order valence-corrected chi connectivity index (χ0v) is 20.5. The standard InChI is InChI=1S/C14H32Cl2N7P3/c1-5-20-11-9-12-21(6-2)25(20)17-24(15,16)18-26(19-25)22(7-3)13-10-14-23(26)8-4/h5-14H2,1-4H3. The first kappa shape index (κ1) is 21.8. The Hall–Kier alpha value is 1.11. The van der Waals surface area contributed by atoms with E-state index in [4.69, 9.17) is 36.0 Å². The lowest BCUT2D eigenvalue weighted by molar-refractivity contribution is 0.317. The molecule has 2 fully saturated rings. The normalized spacial score (nSPS) is 29.3. The van der Waals surface area contributed by atoms with Crippen molar-refractivity contribution in [2.75, 3.05) is 52.4 Å². The molecule has 0 aromatic carbocycles. The highest BCUT2D eigenvalue weighted by molar-refractivity contribution is 8.13. The van der Waals surface area contributed by atoms with Gasteiger partial charge >= 0.3 is 0 Å². The minimum Gasteiger partial charge on any atom is -0.240 e. The molecule has 0 unspecified atom stereocenters. The second-order valence-electron chi connectivity index (χ2n) is 6.69. The molecule has 0 atom stereocenters. The monoisotopic (exact) mass is 461 g/mol. The van der Waals surface area contributed by atoms with Gasteiger partial charge in [0.25, 0.3) is 5.91 Å². The zero-order chi connectivity index (χ0) is 19.0. The van der Waals surface area contributed by atoms with Gasteiger partial charge in [-0.3, -0.25) is 0 Å². The van der Waals surface area contributed by atoms with Crippen molar-refractivity contribution in [3.8, 4) is 0 Å². The molecule has 26 heavy (non-hydrogen) atoms. The number of halogens is 2. The summed E-state index contributed by atoms with van der Waals surface area (Å²) in [5, 5.41) is 0. The summed E-state index contributed by atoms with van der Waals surface area (Å²) in [7, 11) is -4.57. The minimum absolute atomic E-state index is 0.920. The van der Waals surface area contributed by atoms with Crippen LogP contribution in [0.2, 0.25) is 0 Å². The van der Waals surface area contributed by atoms with E-state index in [1.165, 1.54) is 0 Å². The van der Waals surface area contributed by atoms with E-state index >= 15 is 0 Å². The van der Waals surface area contributed by atoms with E-state index in [1.807, 2.05) is 0 Å². The van der Waals surface area contributed by atoms with E-state index in [0.29, 0.717) is 0 Å². The summed E-state index contributed by atoms with van der Waals surface area (Å²) in [6.07, 6.45) is 2.28. The quantitative estimate of drug-likeness (QED) is 0.453. The molecule has 0 amide bonds. The summed E-state index contributed by atoms with van der Waals surface area (Å²) in [6.45, 7) is 16.5. The number of hydrogen-bond donors (Lipinski definition) is 0. The molecule has 0 aromatic rings. The Balaban J connectivity index is 2.32. The molecule has 0 aliphatic carbocycles. The van der Waals surface area contributed by atoms with Gasteiger partial charge in [-0.25, -0.2) is 18.7 Å². The molecule has 2 spiro atoms. The molecule has 2 saturated heterocycles. The van der Waals surface area contributed by atoms with Crippen molar-refractivity contribution in [1.29, 1.82) is 0 Å². The summed E-state index contributed by atoms with van der Waals surface area (Å²) < 4.78 is 25.5. The van der Waals surface area contributed by atoms with Crippen LogP contribution in [0.4, 0.5) is 0 Å². The van der Waals surface area contributed by atoms with Crippen LogP contribution in [-0.4, -0.2) is 71.0 Å². The first-order chi connectivity index (χ1) is 12.4. The summed E-state index contributed by atoms with van der Waals surface area (Å²) in [6, 6.07) is 0. The Kier molecular flexibility index (Phi) is 7.10. The van der Waals surface area contributed by atoms with Gasteiger partial charge in [-0.2, -0.15) is 13.5 Å². The summed E-state index contributed by atoms with van der Waals surface area (Å²) in [5.74, 6) is -2.77. The molecule has 0 bridgehead atoms. The SMILES string of the molecule is CCN1CCCN(CC)P12=NP(Cl)(Cl)=NP1(=N2)N(CC)CCCN1CC. The number of hydrogen-bond acceptors (Lipinski definition) is 7. The highest BCUT2D eigenvalue weighted by atomic mass is 35.9. The largest absolute Gasteiger partial charge is 0.257 e. The minimum atomic E-state index is -2.77. The lowest BCUT2D eigenvalue weighted by Crippen LogP contribution is -2.41. The van der Waals surface area contributed by atoms with Gasteiger partial charge in [0.1, 0.15) is 0 Å². The molecule has 3 aliphatic heterocycles. The summed E-state index contributed by atoms with van der Waals surface area (Å²) in [5.41, 5.74) is 0. The lowest BCUT2D eigenvalue weighted by Gasteiger charge is -2.51. The summed E-state index contributed by atoms with van der Waals surface area (Å²) >= 11 is 13.7. The predicted octanol–water partition coefficient (Wildman–Crippen LogP) is 6.41. The fraction of sp³-hybridized carbons (Fsp3) is 1.00. The van der Waals surface area contributed by atoms with Crippen LogP contribution >= 0.6 is 43.4 Å². The van der Waals surface area contributed by atoms with Crippen LogP contribution in [0.1, 0.15) is 40.5 Å². The van der Waals surface area contributed by atoms with Crippen LogP contribution in [0.15, 0.2) is 13.5 Å². The van der Waals surface area contributed by atoms with E-state index in [9.17, 15) is 0 Å². The highest BCUT2D eigenvalue weighted by Crippen LogP contribution is 2.85. The van der Waals surface area contributed by atoms with Crippen LogP contribution < -0.4 is 0 Å². The van der Waals surface area contributed by atoms with E-state index in [2.05, 4.69) is 46.4 Å². The van der Waals surface area contributed by atoms with Gasteiger partial charge in [0, 0.05) is 52.4 Å². The molecule has 152 valence electrons. The van der Waals surface area contributed by atoms with Crippen molar-refractivity contribution in [3.63, 3.8) is 0 Å². The van der Waals surface area contributed by atoms with Crippen LogP contribution in [0.3, 0.4) is 0 Å². The first-order valence-electron chi connectivity index (χ1n) is 9.70. The Morgan fingerprint density at radius 1 is 0.615 bits per heavy atom. The van der Waals surface area contributed by atoms with E-state index in [1.54, 1.807) is 0 Å². The Labute approximate surface area is 168 Å². The molecule has 3 rings (SSSR count). The lowest BCUT2D eigenvalue weighted by atomic mass is 10.4. The van der Waals surface area contributed by atoms with Crippen LogP contribution in [-0.2, 0) is 0 Å². The van der Waals surface area contributed by atoms with Crippen molar-refractivity contribution < 1.29 is 0 Å². The average molecular weight is 462 g/mol. The van der Waals surface area contributed by atoms with Crippen molar-refractivity contribution in [3.05, 3.63) is 0 Å². The van der Waals surface area contributed by atoms with E-state index < -0.39 is 20.9 Å². The third-order valence-electron chi connectivity index (χ3n) is 5.34. The highest BCUT2D eigenvalue weighted by Gasteiger charge is 2.48. The molecule has 0 radical (unpaired) electrons. The molecule has 0 N–H and O–H groups in total. The zero-order valence-electron chi connectivity index (χ0n) is 16.3. The van der Waals surface area contributed by atoms with Gasteiger partial charge < -0.3 is 0 Å². The fourth-order valence-electron chi connectivity index (χ4n) is 4.11. The first-order valence-corrected chi connectivity index (χ1v) is 16.4. The second-order valence-corrected chi connectivity index (χ2v) is 17.5. The molecule has 3 heterocycles. The van der Waals surface area contributed by atoms with Crippen LogP contribution in [0.5, 0.6) is 0 Å². The van der Waals surface area contributed by atoms with E-state index in [0.717, 1.165) is 65.2 Å². The molecule has 3 aliphatic rings. The molecule has 12 heteroatoms. The van der Waals surface area contributed by atoms with Gasteiger partial charge in [0.05, 0.1) is 0 Å². The van der Waals surface area contributed by atoms with Crippen molar-refractivity contribution in [2.24, 2.45) is 13.5 Å². The Bertz CT molecular complexity index is 631. The molecular formula is C14H32Cl2N7P3. The fourth-order valence-corrected chi connectivity index (χ4v) is 19.9. The molecule has 0 saturated carbocycles. The third-order valence-corrected chi connectivity index (χ3v) is 18.3.